The van der Waals surface area contributed by atoms with Gasteiger partial charge in [-0.15, -0.1) is 0 Å². The van der Waals surface area contributed by atoms with Gasteiger partial charge in [0.2, 0.25) is 5.91 Å². The van der Waals surface area contributed by atoms with Gasteiger partial charge in [-0.2, -0.15) is 0 Å². The van der Waals surface area contributed by atoms with Gasteiger partial charge in [-0.25, -0.2) is 0 Å². The lowest BCUT2D eigenvalue weighted by Gasteiger charge is -2.36. The molecule has 1 aliphatic carbocycles. The van der Waals surface area contributed by atoms with Gasteiger partial charge in [0.25, 0.3) is 0 Å². The highest BCUT2D eigenvalue weighted by molar-refractivity contribution is 5.95. The smallest absolute Gasteiger partial charge is 0.241 e. The Kier molecular flexibility index (Phi) is 3.76. The summed E-state index contributed by atoms with van der Waals surface area (Å²) in [6.45, 7) is 8.51. The second-order valence-corrected chi connectivity index (χ2v) is 6.43. The molecule has 21 heavy (non-hydrogen) atoms. The van der Waals surface area contributed by atoms with Crippen LogP contribution in [0.2, 0.25) is 0 Å². The van der Waals surface area contributed by atoms with Crippen molar-refractivity contribution in [3.63, 3.8) is 0 Å². The number of benzene rings is 1. The molecule has 1 saturated carbocycles. The summed E-state index contributed by atoms with van der Waals surface area (Å²) in [4.78, 5) is 14.8. The number of para-hydroxylation sites is 1. The molecular formula is C17H24N2O2. The average Bonchev–Trinajstić information content (AvgIpc) is 3.21. The number of nitrogens with zero attached hydrogens (tertiary/aromatic N) is 1. The Morgan fingerprint density at radius 1 is 1.33 bits per heavy atom. The van der Waals surface area contributed by atoms with E-state index in [-0.39, 0.29) is 17.6 Å². The number of morpholine rings is 1. The number of nitrogens with one attached hydrogen (secondary N) is 1. The minimum absolute atomic E-state index is 0.0609. The molecule has 2 fully saturated rings. The van der Waals surface area contributed by atoms with E-state index in [0.29, 0.717) is 0 Å². The van der Waals surface area contributed by atoms with Crippen molar-refractivity contribution < 1.29 is 9.53 Å². The van der Waals surface area contributed by atoms with Crippen molar-refractivity contribution in [3.05, 3.63) is 29.3 Å². The lowest BCUT2D eigenvalue weighted by Crippen LogP contribution is -2.51. The fraction of sp³-hybridized carbons (Fsp3) is 0.588. The summed E-state index contributed by atoms with van der Waals surface area (Å²) in [5.41, 5.74) is 3.22. The monoisotopic (exact) mass is 288 g/mol. The van der Waals surface area contributed by atoms with Crippen LogP contribution in [0.4, 0.5) is 5.69 Å². The Hall–Kier alpha value is -1.39. The zero-order valence-corrected chi connectivity index (χ0v) is 13.1. The highest BCUT2D eigenvalue weighted by atomic mass is 16.5. The van der Waals surface area contributed by atoms with E-state index in [9.17, 15) is 4.79 Å². The number of amides is 1. The van der Waals surface area contributed by atoms with Crippen LogP contribution in [0.25, 0.3) is 0 Å². The Morgan fingerprint density at radius 3 is 2.62 bits per heavy atom. The van der Waals surface area contributed by atoms with Crippen molar-refractivity contribution in [2.75, 3.05) is 25.0 Å². The Bertz CT molecular complexity index is 531. The quantitative estimate of drug-likeness (QED) is 0.929. The fourth-order valence-electron chi connectivity index (χ4n) is 3.05. The van der Waals surface area contributed by atoms with Crippen molar-refractivity contribution in [2.45, 2.75) is 45.3 Å². The maximum Gasteiger partial charge on any atom is 0.241 e. The van der Waals surface area contributed by atoms with Crippen molar-refractivity contribution in [1.82, 2.24) is 4.90 Å². The standard InChI is InChI=1S/C17H24N2O2/c1-12-5-4-6-13(2)15(12)18-16(20)14(3)19-9-10-21-17(11-19)7-8-17/h4-6,14H,7-11H2,1-3H3,(H,18,20). The molecule has 2 aliphatic rings. The SMILES string of the molecule is Cc1cccc(C)c1NC(=O)C(C)N1CCOC2(CC2)C1. The van der Waals surface area contributed by atoms with Gasteiger partial charge in [-0.05, 0) is 44.7 Å². The van der Waals surface area contributed by atoms with Crippen molar-refractivity contribution >= 4 is 11.6 Å². The number of rotatable bonds is 3. The van der Waals surface area contributed by atoms with Crippen LogP contribution in [0.15, 0.2) is 18.2 Å². The average molecular weight is 288 g/mol. The van der Waals surface area contributed by atoms with E-state index in [4.69, 9.17) is 4.74 Å². The molecule has 1 spiro atoms. The second-order valence-electron chi connectivity index (χ2n) is 6.43. The number of carbonyl (C=O) groups excluding carboxylic acids is 1. The molecule has 1 unspecified atom stereocenters. The van der Waals surface area contributed by atoms with Crippen LogP contribution >= 0.6 is 0 Å². The van der Waals surface area contributed by atoms with Crippen molar-refractivity contribution in [3.8, 4) is 0 Å². The van der Waals surface area contributed by atoms with Gasteiger partial charge in [-0.1, -0.05) is 18.2 Å². The predicted molar refractivity (Wildman–Crippen MR) is 83.5 cm³/mol. The van der Waals surface area contributed by atoms with Gasteiger partial charge < -0.3 is 10.1 Å². The van der Waals surface area contributed by atoms with E-state index in [2.05, 4.69) is 10.2 Å². The molecule has 1 aromatic rings. The van der Waals surface area contributed by atoms with Crippen LogP contribution in [-0.4, -0.2) is 42.1 Å². The first-order chi connectivity index (χ1) is 10.0. The zero-order chi connectivity index (χ0) is 15.0. The molecule has 1 aromatic carbocycles. The van der Waals surface area contributed by atoms with Crippen molar-refractivity contribution in [1.29, 1.82) is 0 Å². The van der Waals surface area contributed by atoms with E-state index >= 15 is 0 Å². The highest BCUT2D eigenvalue weighted by Gasteiger charge is 2.48. The number of carbonyl (C=O) groups is 1. The van der Waals surface area contributed by atoms with Crippen LogP contribution in [-0.2, 0) is 9.53 Å². The number of aryl methyl sites for hydroxylation is 2. The molecule has 1 atom stereocenters. The summed E-state index contributed by atoms with van der Waals surface area (Å²) in [5, 5.41) is 3.10. The van der Waals surface area contributed by atoms with Gasteiger partial charge in [0.15, 0.2) is 0 Å². The summed E-state index contributed by atoms with van der Waals surface area (Å²) < 4.78 is 5.82. The van der Waals surface area contributed by atoms with Gasteiger partial charge in [-0.3, -0.25) is 9.69 Å². The topological polar surface area (TPSA) is 41.6 Å². The fourth-order valence-corrected chi connectivity index (χ4v) is 3.05. The van der Waals surface area contributed by atoms with Crippen LogP contribution in [0.3, 0.4) is 0 Å². The zero-order valence-electron chi connectivity index (χ0n) is 13.1. The molecule has 0 bridgehead atoms. The molecule has 1 aliphatic heterocycles. The summed E-state index contributed by atoms with van der Waals surface area (Å²) in [6.07, 6.45) is 2.27. The second kappa shape index (κ2) is 5.43. The molecule has 1 saturated heterocycles. The first-order valence-corrected chi connectivity index (χ1v) is 7.76. The number of hydrogen-bond acceptors (Lipinski definition) is 3. The first-order valence-electron chi connectivity index (χ1n) is 7.76. The van der Waals surface area contributed by atoms with Gasteiger partial charge in [0.05, 0.1) is 18.2 Å². The van der Waals surface area contributed by atoms with Gasteiger partial charge in [0, 0.05) is 18.8 Å². The molecule has 1 amide bonds. The molecule has 114 valence electrons. The van der Waals surface area contributed by atoms with Crippen LogP contribution in [0, 0.1) is 13.8 Å². The lowest BCUT2D eigenvalue weighted by atomic mass is 10.1. The van der Waals surface area contributed by atoms with Gasteiger partial charge in [0.1, 0.15) is 0 Å². The third kappa shape index (κ3) is 2.97. The largest absolute Gasteiger partial charge is 0.372 e. The maximum atomic E-state index is 12.6. The lowest BCUT2D eigenvalue weighted by molar-refractivity contribution is -0.125. The van der Waals surface area contributed by atoms with Gasteiger partial charge >= 0.3 is 0 Å². The third-order valence-corrected chi connectivity index (χ3v) is 4.74. The molecule has 4 heteroatoms. The van der Waals surface area contributed by atoms with Crippen molar-refractivity contribution in [2.24, 2.45) is 0 Å². The number of hydrogen-bond donors (Lipinski definition) is 1. The number of anilines is 1. The predicted octanol–water partition coefficient (Wildman–Crippen LogP) is 2.50. The minimum Gasteiger partial charge on any atom is -0.372 e. The molecular weight excluding hydrogens is 264 g/mol. The van der Waals surface area contributed by atoms with E-state index in [0.717, 1.165) is 49.4 Å². The van der Waals surface area contributed by atoms with E-state index in [1.54, 1.807) is 0 Å². The molecule has 0 radical (unpaired) electrons. The molecule has 0 aromatic heterocycles. The van der Waals surface area contributed by atoms with E-state index in [1.165, 1.54) is 0 Å². The highest BCUT2D eigenvalue weighted by Crippen LogP contribution is 2.42. The summed E-state index contributed by atoms with van der Waals surface area (Å²) in [7, 11) is 0. The summed E-state index contributed by atoms with van der Waals surface area (Å²) in [6, 6.07) is 5.95. The van der Waals surface area contributed by atoms with E-state index < -0.39 is 0 Å². The number of ether oxygens (including phenoxy) is 1. The third-order valence-electron chi connectivity index (χ3n) is 4.74. The van der Waals surface area contributed by atoms with Crippen LogP contribution in [0.1, 0.15) is 30.9 Å². The molecule has 4 nitrogen and oxygen atoms in total. The van der Waals surface area contributed by atoms with E-state index in [1.807, 2.05) is 39.0 Å². The molecule has 3 rings (SSSR count). The first kappa shape index (κ1) is 14.5. The Balaban J connectivity index is 1.67. The summed E-state index contributed by atoms with van der Waals surface area (Å²) >= 11 is 0. The normalized spacial score (nSPS) is 22.0. The van der Waals surface area contributed by atoms with Crippen LogP contribution < -0.4 is 5.32 Å². The minimum atomic E-state index is -0.120. The Morgan fingerprint density at radius 2 is 2.00 bits per heavy atom. The molecule has 1 N–H and O–H groups in total. The molecule has 1 heterocycles. The summed E-state index contributed by atoms with van der Waals surface area (Å²) in [5.74, 6) is 0.0742. The van der Waals surface area contributed by atoms with Crippen LogP contribution in [0.5, 0.6) is 0 Å². The maximum absolute atomic E-state index is 12.6. The Labute approximate surface area is 126 Å².